The highest BCUT2D eigenvalue weighted by Gasteiger charge is 2.43. The Labute approximate surface area is 229 Å². The van der Waals surface area contributed by atoms with Crippen molar-refractivity contribution in [1.29, 1.82) is 5.26 Å². The number of hydrogen-bond acceptors (Lipinski definition) is 8. The fourth-order valence-electron chi connectivity index (χ4n) is 5.71. The third-order valence-electron chi connectivity index (χ3n) is 7.76. The monoisotopic (exact) mass is 530 g/mol. The predicted molar refractivity (Wildman–Crippen MR) is 151 cm³/mol. The number of rotatable bonds is 8. The summed E-state index contributed by atoms with van der Waals surface area (Å²) >= 11 is 0. The van der Waals surface area contributed by atoms with Crippen molar-refractivity contribution >= 4 is 17.2 Å². The molecule has 0 bridgehead atoms. The molecular weight excluding hydrogens is 492 g/mol. The Morgan fingerprint density at radius 2 is 1.97 bits per heavy atom. The Hall–Kier alpha value is -3.68. The maximum Gasteiger partial charge on any atom is 0.227 e. The van der Waals surface area contributed by atoms with Crippen LogP contribution in [0, 0.1) is 16.7 Å². The molecule has 0 saturated carbocycles. The van der Waals surface area contributed by atoms with Crippen LogP contribution in [0.15, 0.2) is 36.8 Å². The van der Waals surface area contributed by atoms with Crippen molar-refractivity contribution in [2.45, 2.75) is 39.7 Å². The Morgan fingerprint density at radius 3 is 2.62 bits per heavy atom. The van der Waals surface area contributed by atoms with Crippen LogP contribution in [0.2, 0.25) is 0 Å². The number of amides is 1. The third-order valence-corrected chi connectivity index (χ3v) is 7.76. The molecule has 0 aromatic carbocycles. The number of nitriles is 1. The summed E-state index contributed by atoms with van der Waals surface area (Å²) in [5.41, 5.74) is 2.60. The van der Waals surface area contributed by atoms with Gasteiger partial charge >= 0.3 is 0 Å². The topological polar surface area (TPSA) is 111 Å². The van der Waals surface area contributed by atoms with Crippen LogP contribution >= 0.6 is 0 Å². The van der Waals surface area contributed by atoms with Gasteiger partial charge in [0.2, 0.25) is 5.91 Å². The average Bonchev–Trinajstić information content (AvgIpc) is 3.37. The van der Waals surface area contributed by atoms with Gasteiger partial charge in [0.25, 0.3) is 0 Å². The maximum atomic E-state index is 13.4. The van der Waals surface area contributed by atoms with Crippen LogP contribution in [0.5, 0.6) is 5.75 Å². The molecule has 0 atom stereocenters. The van der Waals surface area contributed by atoms with Crippen molar-refractivity contribution in [2.24, 2.45) is 5.41 Å². The number of piperazine rings is 1. The van der Waals surface area contributed by atoms with Gasteiger partial charge in [-0.15, -0.1) is 0 Å². The number of hydrogen-bond donors (Lipinski definition) is 2. The summed E-state index contributed by atoms with van der Waals surface area (Å²) in [5, 5.41) is 20.6. The number of carbonyl (C=O) groups excluding carboxylic acids is 1. The number of nitrogens with one attached hydrogen (secondary N) is 2. The number of fused-ring (bicyclic) bond motifs is 1. The standard InChI is InChI=1S/C29H38N8O2/c1-4-39-24-15-25(27-23(16-30)18-33-37(27)19-24)22-5-6-26(32-17-22)36-11-7-29(8-12-36,28(38)34-21(2)3)20-35-13-9-31-10-14-35/h5-6,15,17-19,21,31H,4,7-14,20H2,1-3H3,(H,34,38). The lowest BCUT2D eigenvalue weighted by Gasteiger charge is -2.44. The molecule has 206 valence electrons. The van der Waals surface area contributed by atoms with Gasteiger partial charge in [-0.1, -0.05) is 0 Å². The highest BCUT2D eigenvalue weighted by molar-refractivity contribution is 5.85. The van der Waals surface area contributed by atoms with E-state index < -0.39 is 0 Å². The van der Waals surface area contributed by atoms with Crippen LogP contribution in [-0.4, -0.2) is 83.9 Å². The first kappa shape index (κ1) is 26.9. The average molecular weight is 531 g/mol. The molecule has 10 nitrogen and oxygen atoms in total. The summed E-state index contributed by atoms with van der Waals surface area (Å²) < 4.78 is 7.44. The minimum absolute atomic E-state index is 0.120. The lowest BCUT2D eigenvalue weighted by molar-refractivity contribution is -0.134. The van der Waals surface area contributed by atoms with Crippen LogP contribution < -0.4 is 20.3 Å². The van der Waals surface area contributed by atoms with Gasteiger partial charge in [-0.2, -0.15) is 10.4 Å². The van der Waals surface area contributed by atoms with Gasteiger partial charge in [-0.25, -0.2) is 9.50 Å². The molecule has 5 heterocycles. The number of piperidine rings is 1. The largest absolute Gasteiger partial charge is 0.492 e. The molecule has 0 aliphatic carbocycles. The fraction of sp³-hybridized carbons (Fsp3) is 0.517. The van der Waals surface area contributed by atoms with E-state index in [2.05, 4.69) is 31.6 Å². The molecule has 2 N–H and O–H groups in total. The molecule has 2 saturated heterocycles. The zero-order chi connectivity index (χ0) is 27.4. The highest BCUT2D eigenvalue weighted by atomic mass is 16.5. The van der Waals surface area contributed by atoms with Gasteiger partial charge in [0.15, 0.2) is 0 Å². The summed E-state index contributed by atoms with van der Waals surface area (Å²) in [7, 11) is 0. The summed E-state index contributed by atoms with van der Waals surface area (Å²) in [4.78, 5) is 22.9. The molecule has 3 aromatic rings. The SMILES string of the molecule is CCOc1cc(-c2ccc(N3CCC(CN4CCNCC4)(C(=O)NC(C)C)CC3)nc2)c2c(C#N)cnn2c1. The zero-order valence-corrected chi connectivity index (χ0v) is 23.1. The van der Waals surface area contributed by atoms with E-state index in [0.717, 1.165) is 81.1 Å². The smallest absolute Gasteiger partial charge is 0.227 e. The molecule has 0 radical (unpaired) electrons. The van der Waals surface area contributed by atoms with E-state index in [0.29, 0.717) is 17.9 Å². The van der Waals surface area contributed by atoms with Crippen LogP contribution in [0.4, 0.5) is 5.82 Å². The van der Waals surface area contributed by atoms with Gasteiger partial charge in [0, 0.05) is 69.2 Å². The predicted octanol–water partition coefficient (Wildman–Crippen LogP) is 2.68. The van der Waals surface area contributed by atoms with Crippen molar-refractivity contribution in [3.63, 3.8) is 0 Å². The summed E-state index contributed by atoms with van der Waals surface area (Å²) in [6.45, 7) is 12.8. The van der Waals surface area contributed by atoms with E-state index in [1.807, 2.05) is 45.2 Å². The van der Waals surface area contributed by atoms with Gasteiger partial charge in [-0.05, 0) is 51.8 Å². The highest BCUT2D eigenvalue weighted by Crippen LogP contribution is 2.36. The minimum atomic E-state index is -0.390. The van der Waals surface area contributed by atoms with Crippen molar-refractivity contribution in [2.75, 3.05) is 57.3 Å². The first-order chi connectivity index (χ1) is 18.9. The molecule has 2 aliphatic heterocycles. The molecule has 10 heteroatoms. The molecule has 0 unspecified atom stereocenters. The summed E-state index contributed by atoms with van der Waals surface area (Å²) in [6.07, 6.45) is 6.80. The molecule has 1 amide bonds. The molecule has 2 fully saturated rings. The van der Waals surface area contributed by atoms with Gasteiger partial charge in [-0.3, -0.25) is 9.69 Å². The number of aromatic nitrogens is 3. The van der Waals surface area contributed by atoms with E-state index in [4.69, 9.17) is 9.72 Å². The molecule has 2 aliphatic rings. The van der Waals surface area contributed by atoms with Gasteiger partial charge in [0.05, 0.1) is 35.5 Å². The molecule has 5 rings (SSSR count). The van der Waals surface area contributed by atoms with Crippen LogP contribution in [0.25, 0.3) is 16.6 Å². The Morgan fingerprint density at radius 1 is 1.21 bits per heavy atom. The molecular formula is C29H38N8O2. The van der Waals surface area contributed by atoms with Crippen LogP contribution in [-0.2, 0) is 4.79 Å². The lowest BCUT2D eigenvalue weighted by atomic mass is 9.76. The molecule has 39 heavy (non-hydrogen) atoms. The summed E-state index contributed by atoms with van der Waals surface area (Å²) in [5.74, 6) is 1.75. The number of nitrogens with zero attached hydrogens (tertiary/aromatic N) is 6. The van der Waals surface area contributed by atoms with E-state index in [1.54, 1.807) is 16.9 Å². The fourth-order valence-corrected chi connectivity index (χ4v) is 5.71. The second kappa shape index (κ2) is 11.6. The Kier molecular flexibility index (Phi) is 8.00. The second-order valence-corrected chi connectivity index (χ2v) is 10.8. The number of carbonyl (C=O) groups is 1. The second-order valence-electron chi connectivity index (χ2n) is 10.8. The number of ether oxygens (including phenoxy) is 1. The molecule has 0 spiro atoms. The number of anilines is 1. The van der Waals surface area contributed by atoms with Crippen molar-refractivity contribution < 1.29 is 9.53 Å². The van der Waals surface area contributed by atoms with E-state index in [9.17, 15) is 10.1 Å². The molecule has 3 aromatic heterocycles. The van der Waals surface area contributed by atoms with Crippen LogP contribution in [0.3, 0.4) is 0 Å². The number of pyridine rings is 2. The minimum Gasteiger partial charge on any atom is -0.492 e. The Balaban J connectivity index is 1.35. The summed E-state index contributed by atoms with van der Waals surface area (Å²) in [6, 6.07) is 8.37. The quantitative estimate of drug-likeness (QED) is 0.457. The zero-order valence-electron chi connectivity index (χ0n) is 23.1. The van der Waals surface area contributed by atoms with Crippen LogP contribution in [0.1, 0.15) is 39.2 Å². The maximum absolute atomic E-state index is 13.4. The first-order valence-corrected chi connectivity index (χ1v) is 13.9. The van der Waals surface area contributed by atoms with E-state index in [1.165, 1.54) is 0 Å². The van der Waals surface area contributed by atoms with Crippen molar-refractivity contribution in [3.8, 4) is 22.9 Å². The van der Waals surface area contributed by atoms with E-state index in [-0.39, 0.29) is 17.4 Å². The van der Waals surface area contributed by atoms with Crippen molar-refractivity contribution in [3.05, 3.63) is 42.4 Å². The first-order valence-electron chi connectivity index (χ1n) is 13.9. The third kappa shape index (κ3) is 5.70. The van der Waals surface area contributed by atoms with Crippen molar-refractivity contribution in [1.82, 2.24) is 30.1 Å². The lowest BCUT2D eigenvalue weighted by Crippen LogP contribution is -2.57. The normalized spacial score (nSPS) is 17.8. The Bertz CT molecular complexity index is 1330. The van der Waals surface area contributed by atoms with Gasteiger partial charge < -0.3 is 20.3 Å². The van der Waals surface area contributed by atoms with E-state index >= 15 is 0 Å². The van der Waals surface area contributed by atoms with Gasteiger partial charge in [0.1, 0.15) is 17.6 Å².